The fourth-order valence-electron chi connectivity index (χ4n) is 2.65. The molecule has 0 bridgehead atoms. The van der Waals surface area contributed by atoms with E-state index >= 15 is 0 Å². The molecule has 0 heterocycles. The van der Waals surface area contributed by atoms with Crippen LogP contribution in [0.3, 0.4) is 0 Å². The Bertz CT molecular complexity index is 975. The highest BCUT2D eigenvalue weighted by Gasteiger charge is 2.14. The van der Waals surface area contributed by atoms with Crippen LogP contribution in [-0.4, -0.2) is 17.9 Å². The van der Waals surface area contributed by atoms with Crippen LogP contribution < -0.4 is 15.4 Å². The van der Waals surface area contributed by atoms with Crippen molar-refractivity contribution in [3.63, 3.8) is 0 Å². The molecule has 0 fully saturated rings. The van der Waals surface area contributed by atoms with Crippen molar-refractivity contribution >= 4 is 17.5 Å². The van der Waals surface area contributed by atoms with E-state index in [4.69, 9.17) is 4.74 Å². The SMILES string of the molecule is C[C@H](Oc1ccccc1)C(=O)NCc1cccc(NC(=O)c2ccc(F)cc2)c1. The molecule has 0 aliphatic heterocycles. The Hall–Kier alpha value is -3.67. The standard InChI is InChI=1S/C23H21FN2O3/c1-16(29-21-8-3-2-4-9-21)22(27)25-15-17-6-5-7-20(14-17)26-23(28)18-10-12-19(24)13-11-18/h2-14,16H,15H2,1H3,(H,25,27)(H,26,28)/t16-/m0/s1. The molecule has 0 radical (unpaired) electrons. The van der Waals surface area contributed by atoms with E-state index in [9.17, 15) is 14.0 Å². The number of hydrogen-bond donors (Lipinski definition) is 2. The van der Waals surface area contributed by atoms with Crippen LogP contribution in [0.25, 0.3) is 0 Å². The summed E-state index contributed by atoms with van der Waals surface area (Å²) in [6.45, 7) is 1.98. The molecule has 0 aliphatic carbocycles. The van der Waals surface area contributed by atoms with Crippen molar-refractivity contribution in [1.82, 2.24) is 5.32 Å². The van der Waals surface area contributed by atoms with Crippen LogP contribution in [0.15, 0.2) is 78.9 Å². The Morgan fingerprint density at radius 3 is 2.41 bits per heavy atom. The van der Waals surface area contributed by atoms with Gasteiger partial charge in [0.1, 0.15) is 11.6 Å². The van der Waals surface area contributed by atoms with Gasteiger partial charge in [-0.3, -0.25) is 9.59 Å². The van der Waals surface area contributed by atoms with Crippen molar-refractivity contribution in [3.05, 3.63) is 95.8 Å². The average Bonchev–Trinajstić information content (AvgIpc) is 2.73. The first-order valence-corrected chi connectivity index (χ1v) is 9.16. The zero-order chi connectivity index (χ0) is 20.6. The molecule has 3 aromatic rings. The molecule has 0 saturated heterocycles. The second-order valence-corrected chi connectivity index (χ2v) is 6.45. The zero-order valence-corrected chi connectivity index (χ0v) is 15.9. The van der Waals surface area contributed by atoms with Gasteiger partial charge >= 0.3 is 0 Å². The lowest BCUT2D eigenvalue weighted by Crippen LogP contribution is -2.35. The van der Waals surface area contributed by atoms with Gasteiger partial charge in [-0.05, 0) is 61.0 Å². The van der Waals surface area contributed by atoms with E-state index in [1.807, 2.05) is 24.3 Å². The van der Waals surface area contributed by atoms with Crippen LogP contribution >= 0.6 is 0 Å². The Balaban J connectivity index is 1.54. The number of halogens is 1. The minimum Gasteiger partial charge on any atom is -0.481 e. The molecule has 2 amide bonds. The summed E-state index contributed by atoms with van der Waals surface area (Å²) in [6.07, 6.45) is -0.640. The summed E-state index contributed by atoms with van der Waals surface area (Å²) in [6, 6.07) is 21.6. The summed E-state index contributed by atoms with van der Waals surface area (Å²) in [4.78, 5) is 24.5. The van der Waals surface area contributed by atoms with E-state index in [2.05, 4.69) is 10.6 Å². The van der Waals surface area contributed by atoms with Gasteiger partial charge in [0.2, 0.25) is 0 Å². The summed E-state index contributed by atoms with van der Waals surface area (Å²) in [7, 11) is 0. The first kappa shape index (κ1) is 20.1. The van der Waals surface area contributed by atoms with Gasteiger partial charge in [0.25, 0.3) is 11.8 Å². The summed E-state index contributed by atoms with van der Waals surface area (Å²) in [5.41, 5.74) is 1.76. The second-order valence-electron chi connectivity index (χ2n) is 6.45. The topological polar surface area (TPSA) is 67.4 Å². The highest BCUT2D eigenvalue weighted by molar-refractivity contribution is 6.04. The molecule has 0 saturated carbocycles. The van der Waals surface area contributed by atoms with Crippen LogP contribution in [0.2, 0.25) is 0 Å². The Kier molecular flexibility index (Phi) is 6.58. The van der Waals surface area contributed by atoms with Gasteiger partial charge in [0.05, 0.1) is 0 Å². The molecule has 3 aromatic carbocycles. The van der Waals surface area contributed by atoms with Crippen LogP contribution in [0.1, 0.15) is 22.8 Å². The van der Waals surface area contributed by atoms with Crippen LogP contribution in [-0.2, 0) is 11.3 Å². The van der Waals surface area contributed by atoms with Gasteiger partial charge < -0.3 is 15.4 Å². The van der Waals surface area contributed by atoms with Gasteiger partial charge in [-0.2, -0.15) is 0 Å². The number of para-hydroxylation sites is 1. The van der Waals surface area contributed by atoms with Crippen molar-refractivity contribution in [1.29, 1.82) is 0 Å². The lowest BCUT2D eigenvalue weighted by atomic mass is 10.1. The monoisotopic (exact) mass is 392 g/mol. The Morgan fingerprint density at radius 1 is 0.966 bits per heavy atom. The Morgan fingerprint density at radius 2 is 1.69 bits per heavy atom. The maximum Gasteiger partial charge on any atom is 0.261 e. The molecule has 5 nitrogen and oxygen atoms in total. The van der Waals surface area contributed by atoms with E-state index in [0.29, 0.717) is 23.5 Å². The molecular weight excluding hydrogens is 371 g/mol. The highest BCUT2D eigenvalue weighted by atomic mass is 19.1. The van der Waals surface area contributed by atoms with Crippen molar-refractivity contribution < 1.29 is 18.7 Å². The molecule has 2 N–H and O–H groups in total. The Labute approximate surface area is 168 Å². The van der Waals surface area contributed by atoms with Gasteiger partial charge in [-0.15, -0.1) is 0 Å². The summed E-state index contributed by atoms with van der Waals surface area (Å²) >= 11 is 0. The summed E-state index contributed by atoms with van der Waals surface area (Å²) < 4.78 is 18.6. The molecule has 3 rings (SSSR count). The third-order valence-electron chi connectivity index (χ3n) is 4.18. The third-order valence-corrected chi connectivity index (χ3v) is 4.18. The largest absolute Gasteiger partial charge is 0.481 e. The fraction of sp³-hybridized carbons (Fsp3) is 0.130. The van der Waals surface area contributed by atoms with Crippen molar-refractivity contribution in [2.75, 3.05) is 5.32 Å². The molecule has 148 valence electrons. The zero-order valence-electron chi connectivity index (χ0n) is 15.9. The lowest BCUT2D eigenvalue weighted by molar-refractivity contribution is -0.127. The minimum absolute atomic E-state index is 0.241. The third kappa shape index (κ3) is 5.90. The minimum atomic E-state index is -0.640. The molecule has 29 heavy (non-hydrogen) atoms. The number of amides is 2. The predicted octanol–water partition coefficient (Wildman–Crippen LogP) is 4.16. The van der Waals surface area contributed by atoms with Gasteiger partial charge in [-0.25, -0.2) is 4.39 Å². The van der Waals surface area contributed by atoms with Crippen molar-refractivity contribution in [2.45, 2.75) is 19.6 Å². The molecule has 1 atom stereocenters. The van der Waals surface area contributed by atoms with Gasteiger partial charge in [0, 0.05) is 17.8 Å². The molecule has 6 heteroatoms. The number of carbonyl (C=O) groups excluding carboxylic acids is 2. The summed E-state index contributed by atoms with van der Waals surface area (Å²) in [5, 5.41) is 5.58. The normalized spacial score (nSPS) is 11.4. The highest BCUT2D eigenvalue weighted by Crippen LogP contribution is 2.14. The van der Waals surface area contributed by atoms with Gasteiger partial charge in [-0.1, -0.05) is 30.3 Å². The predicted molar refractivity (Wildman–Crippen MR) is 109 cm³/mol. The molecular formula is C23H21FN2O3. The first-order valence-electron chi connectivity index (χ1n) is 9.16. The number of rotatable bonds is 7. The lowest BCUT2D eigenvalue weighted by Gasteiger charge is -2.15. The molecule has 0 unspecified atom stereocenters. The van der Waals surface area contributed by atoms with Crippen molar-refractivity contribution in [2.24, 2.45) is 0 Å². The first-order chi connectivity index (χ1) is 14.0. The number of nitrogens with one attached hydrogen (secondary N) is 2. The number of benzene rings is 3. The van der Waals surface area contributed by atoms with Crippen LogP contribution in [0.5, 0.6) is 5.75 Å². The average molecular weight is 392 g/mol. The van der Waals surface area contributed by atoms with E-state index < -0.39 is 11.9 Å². The number of hydrogen-bond acceptors (Lipinski definition) is 3. The van der Waals surface area contributed by atoms with E-state index in [-0.39, 0.29) is 11.8 Å². The number of ether oxygens (including phenoxy) is 1. The van der Waals surface area contributed by atoms with Crippen LogP contribution in [0, 0.1) is 5.82 Å². The van der Waals surface area contributed by atoms with E-state index in [1.165, 1.54) is 24.3 Å². The summed E-state index contributed by atoms with van der Waals surface area (Å²) in [5.74, 6) is -0.351. The smallest absolute Gasteiger partial charge is 0.261 e. The van der Waals surface area contributed by atoms with Crippen LogP contribution in [0.4, 0.5) is 10.1 Å². The van der Waals surface area contributed by atoms with Crippen molar-refractivity contribution in [3.8, 4) is 5.75 Å². The maximum atomic E-state index is 13.0. The van der Waals surface area contributed by atoms with E-state index in [1.54, 1.807) is 37.3 Å². The van der Waals surface area contributed by atoms with E-state index in [0.717, 1.165) is 5.56 Å². The van der Waals surface area contributed by atoms with Gasteiger partial charge in [0.15, 0.2) is 6.10 Å². The number of carbonyl (C=O) groups is 2. The second kappa shape index (κ2) is 9.50. The molecule has 0 spiro atoms. The maximum absolute atomic E-state index is 13.0. The fourth-order valence-corrected chi connectivity index (χ4v) is 2.65. The molecule has 0 aromatic heterocycles. The quantitative estimate of drug-likeness (QED) is 0.634. The number of anilines is 1. The molecule has 0 aliphatic rings.